The van der Waals surface area contributed by atoms with Gasteiger partial charge in [0.1, 0.15) is 0 Å². The maximum atomic E-state index is 10.5. The first-order chi connectivity index (χ1) is 9.15. The molecule has 0 aromatic heterocycles. The number of aliphatic hydroxyl groups is 2. The van der Waals surface area contributed by atoms with E-state index in [-0.39, 0.29) is 0 Å². The summed E-state index contributed by atoms with van der Waals surface area (Å²) >= 11 is 0. The lowest BCUT2D eigenvalue weighted by atomic mass is 9.91. The quantitative estimate of drug-likeness (QED) is 0.569. The minimum absolute atomic E-state index is 0.349. The van der Waals surface area contributed by atoms with Crippen molar-refractivity contribution in [1.82, 2.24) is 0 Å². The van der Waals surface area contributed by atoms with E-state index in [9.17, 15) is 15.0 Å². The van der Waals surface area contributed by atoms with Gasteiger partial charge in [0.2, 0.25) is 0 Å². The third kappa shape index (κ3) is 8.88. The number of carbonyl (C=O) groups is 1. The molecule has 4 heteroatoms. The van der Waals surface area contributed by atoms with Crippen LogP contribution in [0.3, 0.4) is 0 Å². The second-order valence-electron chi connectivity index (χ2n) is 5.88. The number of rotatable bonds is 9. The first-order valence-corrected chi connectivity index (χ1v) is 7.06. The predicted octanol–water partition coefficient (Wildman–Crippen LogP) is 3.05. The first kappa shape index (κ1) is 18.9. The summed E-state index contributed by atoms with van der Waals surface area (Å²) in [7, 11) is 0. The fourth-order valence-corrected chi connectivity index (χ4v) is 1.85. The van der Waals surface area contributed by atoms with Crippen LogP contribution in [0.15, 0.2) is 23.3 Å². The maximum Gasteiger partial charge on any atom is 0.306 e. The molecule has 4 nitrogen and oxygen atoms in total. The van der Waals surface area contributed by atoms with Crippen molar-refractivity contribution in [3.63, 3.8) is 0 Å². The molecule has 0 heterocycles. The van der Waals surface area contributed by atoms with Gasteiger partial charge in [-0.1, -0.05) is 23.3 Å². The molecule has 0 radical (unpaired) electrons. The molecular weight excluding hydrogens is 256 g/mol. The standard InChI is InChI=1S/C16H28O4/c1-12(2)7-5-8-13(3)9-6-10-16(4,20)14(17)11-15(18)19/h7,9,14,17,20H,5-6,8,10-11H2,1-4H3,(H,18,19)/b13-9-/t14-,16-/m0/s1. The van der Waals surface area contributed by atoms with Crippen LogP contribution >= 0.6 is 0 Å². The van der Waals surface area contributed by atoms with Crippen molar-refractivity contribution < 1.29 is 20.1 Å². The van der Waals surface area contributed by atoms with Gasteiger partial charge >= 0.3 is 5.97 Å². The van der Waals surface area contributed by atoms with Crippen LogP contribution in [-0.4, -0.2) is 33.0 Å². The number of carboxylic acid groups (broad SMARTS) is 1. The van der Waals surface area contributed by atoms with Gasteiger partial charge in [-0.3, -0.25) is 4.79 Å². The Balaban J connectivity index is 4.19. The summed E-state index contributed by atoms with van der Waals surface area (Å²) in [4.78, 5) is 10.5. The molecule has 20 heavy (non-hydrogen) atoms. The summed E-state index contributed by atoms with van der Waals surface area (Å²) in [5.41, 5.74) is 1.18. The lowest BCUT2D eigenvalue weighted by Crippen LogP contribution is -2.40. The Labute approximate surface area is 121 Å². The van der Waals surface area contributed by atoms with E-state index in [4.69, 9.17) is 5.11 Å². The number of hydrogen-bond donors (Lipinski definition) is 3. The minimum Gasteiger partial charge on any atom is -0.481 e. The third-order valence-corrected chi connectivity index (χ3v) is 3.32. The van der Waals surface area contributed by atoms with Crippen molar-refractivity contribution in [1.29, 1.82) is 0 Å². The highest BCUT2D eigenvalue weighted by Crippen LogP contribution is 2.21. The van der Waals surface area contributed by atoms with Gasteiger partial charge < -0.3 is 15.3 Å². The van der Waals surface area contributed by atoms with Gasteiger partial charge in [0.05, 0.1) is 18.1 Å². The fraction of sp³-hybridized carbons (Fsp3) is 0.688. The topological polar surface area (TPSA) is 77.8 Å². The second-order valence-corrected chi connectivity index (χ2v) is 5.88. The second kappa shape index (κ2) is 8.93. The Morgan fingerprint density at radius 3 is 2.30 bits per heavy atom. The Hall–Kier alpha value is -1.13. The van der Waals surface area contributed by atoms with Crippen molar-refractivity contribution in [2.45, 2.75) is 71.5 Å². The van der Waals surface area contributed by atoms with Gasteiger partial charge in [0.25, 0.3) is 0 Å². The lowest BCUT2D eigenvalue weighted by Gasteiger charge is -2.27. The van der Waals surface area contributed by atoms with Crippen molar-refractivity contribution in [2.24, 2.45) is 0 Å². The van der Waals surface area contributed by atoms with Crippen LogP contribution in [0.2, 0.25) is 0 Å². The Kier molecular flexibility index (Phi) is 8.42. The molecule has 0 saturated heterocycles. The smallest absolute Gasteiger partial charge is 0.306 e. The number of hydrogen-bond acceptors (Lipinski definition) is 3. The molecule has 0 aromatic carbocycles. The fourth-order valence-electron chi connectivity index (χ4n) is 1.85. The predicted molar refractivity (Wildman–Crippen MR) is 80.5 cm³/mol. The maximum absolute atomic E-state index is 10.5. The summed E-state index contributed by atoms with van der Waals surface area (Å²) in [6.45, 7) is 7.66. The van der Waals surface area contributed by atoms with Gasteiger partial charge in [-0.05, 0) is 53.4 Å². The van der Waals surface area contributed by atoms with E-state index in [2.05, 4.69) is 19.9 Å². The third-order valence-electron chi connectivity index (χ3n) is 3.32. The zero-order chi connectivity index (χ0) is 15.8. The zero-order valence-corrected chi connectivity index (χ0v) is 13.0. The SMILES string of the molecule is CC(C)=CCC/C(C)=C\CC[C@](C)(O)[C@@H](O)CC(=O)O. The Morgan fingerprint density at radius 2 is 1.80 bits per heavy atom. The Morgan fingerprint density at radius 1 is 1.20 bits per heavy atom. The van der Waals surface area contributed by atoms with Crippen LogP contribution in [0.1, 0.15) is 59.8 Å². The molecule has 0 bridgehead atoms. The van der Waals surface area contributed by atoms with Crippen molar-refractivity contribution in [2.75, 3.05) is 0 Å². The van der Waals surface area contributed by atoms with E-state index in [1.54, 1.807) is 0 Å². The highest BCUT2D eigenvalue weighted by atomic mass is 16.4. The van der Waals surface area contributed by atoms with E-state index in [1.165, 1.54) is 18.1 Å². The summed E-state index contributed by atoms with van der Waals surface area (Å²) in [6, 6.07) is 0. The summed E-state index contributed by atoms with van der Waals surface area (Å²) in [5, 5.41) is 28.3. The van der Waals surface area contributed by atoms with Gasteiger partial charge in [-0.2, -0.15) is 0 Å². The highest BCUT2D eigenvalue weighted by molar-refractivity contribution is 5.67. The molecule has 0 rings (SSSR count). The number of aliphatic hydroxyl groups excluding tert-OH is 1. The molecule has 0 aromatic rings. The summed E-state index contributed by atoms with van der Waals surface area (Å²) < 4.78 is 0. The minimum atomic E-state index is -1.37. The van der Waals surface area contributed by atoms with E-state index >= 15 is 0 Å². The molecule has 0 fully saturated rings. The van der Waals surface area contributed by atoms with Crippen molar-refractivity contribution in [3.8, 4) is 0 Å². The molecule has 2 atom stereocenters. The van der Waals surface area contributed by atoms with Crippen LogP contribution in [0.5, 0.6) is 0 Å². The van der Waals surface area contributed by atoms with Gasteiger partial charge in [-0.25, -0.2) is 0 Å². The Bertz CT molecular complexity index is 363. The van der Waals surface area contributed by atoms with Crippen LogP contribution in [0.25, 0.3) is 0 Å². The lowest BCUT2D eigenvalue weighted by molar-refractivity contribution is -0.145. The molecule has 0 aliphatic carbocycles. The molecular formula is C16H28O4. The van der Waals surface area contributed by atoms with Crippen LogP contribution < -0.4 is 0 Å². The average Bonchev–Trinajstić information content (AvgIpc) is 2.27. The number of allylic oxidation sites excluding steroid dienone is 4. The summed E-state index contributed by atoms with van der Waals surface area (Å²) in [6.07, 6.45) is 5.51. The van der Waals surface area contributed by atoms with Crippen molar-refractivity contribution in [3.05, 3.63) is 23.3 Å². The van der Waals surface area contributed by atoms with Crippen LogP contribution in [0.4, 0.5) is 0 Å². The molecule has 0 aliphatic rings. The molecule has 0 amide bonds. The molecule has 0 saturated carbocycles. The van der Waals surface area contributed by atoms with Gasteiger partial charge in [-0.15, -0.1) is 0 Å². The van der Waals surface area contributed by atoms with Crippen molar-refractivity contribution >= 4 is 5.97 Å². The molecule has 116 valence electrons. The van der Waals surface area contributed by atoms with Crippen LogP contribution in [-0.2, 0) is 4.79 Å². The normalized spacial score (nSPS) is 16.4. The number of aliphatic carboxylic acids is 1. The highest BCUT2D eigenvalue weighted by Gasteiger charge is 2.31. The molecule has 0 unspecified atom stereocenters. The molecule has 0 aliphatic heterocycles. The molecule has 0 spiro atoms. The number of carboxylic acids is 1. The van der Waals surface area contributed by atoms with Gasteiger partial charge in [0.15, 0.2) is 0 Å². The molecule has 3 N–H and O–H groups in total. The average molecular weight is 284 g/mol. The largest absolute Gasteiger partial charge is 0.481 e. The first-order valence-electron chi connectivity index (χ1n) is 7.06. The van der Waals surface area contributed by atoms with E-state index in [0.717, 1.165) is 12.8 Å². The van der Waals surface area contributed by atoms with E-state index < -0.39 is 24.1 Å². The van der Waals surface area contributed by atoms with Crippen LogP contribution in [0, 0.1) is 0 Å². The monoisotopic (exact) mass is 284 g/mol. The van der Waals surface area contributed by atoms with Gasteiger partial charge in [0, 0.05) is 0 Å². The van der Waals surface area contributed by atoms with E-state index in [1.807, 2.05) is 13.0 Å². The zero-order valence-electron chi connectivity index (χ0n) is 13.0. The van der Waals surface area contributed by atoms with E-state index in [0.29, 0.717) is 12.8 Å². The summed E-state index contributed by atoms with van der Waals surface area (Å²) in [5.74, 6) is -1.11.